The van der Waals surface area contributed by atoms with Crippen molar-refractivity contribution in [1.29, 1.82) is 0 Å². The van der Waals surface area contributed by atoms with Gasteiger partial charge in [0.05, 0.1) is 12.2 Å². The first-order valence-corrected chi connectivity index (χ1v) is 5.99. The van der Waals surface area contributed by atoms with E-state index < -0.39 is 0 Å². The third-order valence-corrected chi connectivity index (χ3v) is 3.81. The summed E-state index contributed by atoms with van der Waals surface area (Å²) in [6.07, 6.45) is 2.75. The van der Waals surface area contributed by atoms with Crippen LogP contribution in [0.1, 0.15) is 17.2 Å². The minimum Gasteiger partial charge on any atom is -0.320 e. The van der Waals surface area contributed by atoms with Crippen molar-refractivity contribution >= 4 is 27.3 Å². The Bertz CT molecular complexity index is 472. The molecule has 2 heterocycles. The van der Waals surface area contributed by atoms with E-state index in [1.54, 1.807) is 17.5 Å². The fourth-order valence-corrected chi connectivity index (χ4v) is 2.87. The third kappa shape index (κ3) is 2.25. The molecule has 2 rings (SSSR count). The highest BCUT2D eigenvalue weighted by atomic mass is 79.9. The molecule has 0 bridgehead atoms. The molecule has 0 aliphatic carbocycles. The lowest BCUT2D eigenvalue weighted by atomic mass is 10.0. The maximum Gasteiger partial charge on any atom is 0.141 e. The summed E-state index contributed by atoms with van der Waals surface area (Å²) in [7, 11) is 0. The van der Waals surface area contributed by atoms with Gasteiger partial charge in [-0.15, -0.1) is 0 Å². The van der Waals surface area contributed by atoms with E-state index in [0.29, 0.717) is 5.56 Å². The second-order valence-corrected chi connectivity index (χ2v) is 4.69. The largest absolute Gasteiger partial charge is 0.320 e. The van der Waals surface area contributed by atoms with Crippen LogP contribution >= 0.6 is 27.3 Å². The van der Waals surface area contributed by atoms with Crippen molar-refractivity contribution in [3.63, 3.8) is 0 Å². The Morgan fingerprint density at radius 3 is 2.80 bits per heavy atom. The lowest BCUT2D eigenvalue weighted by molar-refractivity contribution is 0.616. The smallest absolute Gasteiger partial charge is 0.141 e. The summed E-state index contributed by atoms with van der Waals surface area (Å²) in [6, 6.07) is 1.07. The third-order valence-electron chi connectivity index (χ3n) is 2.06. The highest BCUT2D eigenvalue weighted by Gasteiger charge is 2.13. The van der Waals surface area contributed by atoms with E-state index in [2.05, 4.69) is 20.9 Å². The lowest BCUT2D eigenvalue weighted by Crippen LogP contribution is -2.12. The van der Waals surface area contributed by atoms with E-state index >= 15 is 0 Å². The van der Waals surface area contributed by atoms with Gasteiger partial charge < -0.3 is 5.73 Å². The second-order valence-electron chi connectivity index (χ2n) is 3.09. The molecule has 2 aromatic rings. The maximum atomic E-state index is 12.9. The van der Waals surface area contributed by atoms with Crippen LogP contribution in [0.2, 0.25) is 0 Å². The van der Waals surface area contributed by atoms with Gasteiger partial charge in [0.1, 0.15) is 5.82 Å². The molecule has 0 aromatic carbocycles. The number of halogens is 2. The van der Waals surface area contributed by atoms with Gasteiger partial charge in [-0.3, -0.25) is 4.98 Å². The zero-order valence-electron chi connectivity index (χ0n) is 7.65. The Labute approximate surface area is 99.1 Å². The molecule has 0 saturated heterocycles. The van der Waals surface area contributed by atoms with Crippen LogP contribution in [-0.4, -0.2) is 4.98 Å². The summed E-state index contributed by atoms with van der Waals surface area (Å²) in [5.41, 5.74) is 7.63. The zero-order valence-corrected chi connectivity index (χ0v) is 10.1. The summed E-state index contributed by atoms with van der Waals surface area (Å²) in [5, 5.41) is 3.89. The molecule has 0 fully saturated rings. The van der Waals surface area contributed by atoms with E-state index in [9.17, 15) is 4.39 Å². The summed E-state index contributed by atoms with van der Waals surface area (Å²) in [5.74, 6) is -0.366. The first-order chi connectivity index (χ1) is 7.18. The molecule has 78 valence electrons. The molecule has 0 aliphatic rings. The topological polar surface area (TPSA) is 38.9 Å². The highest BCUT2D eigenvalue weighted by molar-refractivity contribution is 9.10. The van der Waals surface area contributed by atoms with Crippen molar-refractivity contribution in [3.05, 3.63) is 50.6 Å². The molecule has 0 spiro atoms. The number of aromatic nitrogens is 1. The van der Waals surface area contributed by atoms with Crippen LogP contribution in [0.15, 0.2) is 33.7 Å². The number of nitrogens with zero attached hydrogens (tertiary/aromatic N) is 1. The van der Waals surface area contributed by atoms with Crippen molar-refractivity contribution in [3.8, 4) is 0 Å². The fraction of sp³-hybridized carbons (Fsp3) is 0.100. The van der Waals surface area contributed by atoms with Crippen LogP contribution in [0, 0.1) is 5.82 Å². The van der Waals surface area contributed by atoms with Crippen LogP contribution in [0.5, 0.6) is 0 Å². The number of rotatable bonds is 2. The molecule has 2 aromatic heterocycles. The number of hydrogen-bond donors (Lipinski definition) is 1. The van der Waals surface area contributed by atoms with E-state index in [-0.39, 0.29) is 11.9 Å². The molecule has 0 radical (unpaired) electrons. The summed E-state index contributed by atoms with van der Waals surface area (Å²) in [6.45, 7) is 0. The fourth-order valence-electron chi connectivity index (χ4n) is 1.29. The van der Waals surface area contributed by atoms with E-state index in [1.165, 1.54) is 12.3 Å². The molecule has 5 heteroatoms. The van der Waals surface area contributed by atoms with Gasteiger partial charge in [-0.05, 0) is 38.5 Å². The van der Waals surface area contributed by atoms with Gasteiger partial charge in [0.2, 0.25) is 0 Å². The van der Waals surface area contributed by atoms with E-state index in [1.807, 2.05) is 10.8 Å². The molecule has 1 unspecified atom stereocenters. The minimum absolute atomic E-state index is 0.339. The zero-order chi connectivity index (χ0) is 10.8. The number of thiophene rings is 1. The van der Waals surface area contributed by atoms with Crippen molar-refractivity contribution in [2.75, 3.05) is 0 Å². The molecule has 2 N–H and O–H groups in total. The Morgan fingerprint density at radius 1 is 1.40 bits per heavy atom. The minimum atomic E-state index is -0.366. The number of hydrogen-bond acceptors (Lipinski definition) is 3. The predicted molar refractivity (Wildman–Crippen MR) is 62.2 cm³/mol. The standard InChI is InChI=1S/C10H8BrFN2S/c11-9-5-15-4-8(9)10(13)6-1-7(12)3-14-2-6/h1-5,10H,13H2. The average molecular weight is 287 g/mol. The molecule has 0 saturated carbocycles. The van der Waals surface area contributed by atoms with Crippen LogP contribution in [0.4, 0.5) is 4.39 Å². The van der Waals surface area contributed by atoms with Crippen molar-refractivity contribution < 1.29 is 4.39 Å². The molecule has 15 heavy (non-hydrogen) atoms. The van der Waals surface area contributed by atoms with Crippen LogP contribution in [0.25, 0.3) is 0 Å². The Kier molecular flexibility index (Phi) is 3.14. The first-order valence-electron chi connectivity index (χ1n) is 4.26. The van der Waals surface area contributed by atoms with Gasteiger partial charge in [-0.25, -0.2) is 4.39 Å². The van der Waals surface area contributed by atoms with Crippen LogP contribution in [0.3, 0.4) is 0 Å². The summed E-state index contributed by atoms with van der Waals surface area (Å²) >= 11 is 4.95. The maximum absolute atomic E-state index is 12.9. The highest BCUT2D eigenvalue weighted by Crippen LogP contribution is 2.29. The average Bonchev–Trinajstić information content (AvgIpc) is 2.63. The normalized spacial score (nSPS) is 12.7. The number of pyridine rings is 1. The Hall–Kier alpha value is -0.780. The summed E-state index contributed by atoms with van der Waals surface area (Å²) in [4.78, 5) is 3.78. The monoisotopic (exact) mass is 286 g/mol. The van der Waals surface area contributed by atoms with Gasteiger partial charge in [0, 0.05) is 16.0 Å². The molecule has 0 amide bonds. The van der Waals surface area contributed by atoms with Gasteiger partial charge in [-0.1, -0.05) is 0 Å². The number of nitrogens with two attached hydrogens (primary N) is 1. The molecule has 1 atom stereocenters. The first kappa shape index (κ1) is 10.7. The van der Waals surface area contributed by atoms with Gasteiger partial charge in [0.25, 0.3) is 0 Å². The Balaban J connectivity index is 2.36. The summed E-state index contributed by atoms with van der Waals surface area (Å²) < 4.78 is 13.9. The Morgan fingerprint density at radius 2 is 2.20 bits per heavy atom. The van der Waals surface area contributed by atoms with Crippen molar-refractivity contribution in [1.82, 2.24) is 4.98 Å². The van der Waals surface area contributed by atoms with Gasteiger partial charge in [-0.2, -0.15) is 11.3 Å². The van der Waals surface area contributed by atoms with Crippen molar-refractivity contribution in [2.45, 2.75) is 6.04 Å². The van der Waals surface area contributed by atoms with Gasteiger partial charge in [0.15, 0.2) is 0 Å². The lowest BCUT2D eigenvalue weighted by Gasteiger charge is -2.10. The predicted octanol–water partition coefficient (Wildman–Crippen LogP) is 3.09. The van der Waals surface area contributed by atoms with Crippen molar-refractivity contribution in [2.24, 2.45) is 5.73 Å². The van der Waals surface area contributed by atoms with E-state index in [4.69, 9.17) is 5.73 Å². The van der Waals surface area contributed by atoms with Crippen LogP contribution < -0.4 is 5.73 Å². The second kappa shape index (κ2) is 4.38. The molecular weight excluding hydrogens is 279 g/mol. The quantitative estimate of drug-likeness (QED) is 0.921. The molecular formula is C10H8BrFN2S. The SMILES string of the molecule is NC(c1cncc(F)c1)c1cscc1Br. The van der Waals surface area contributed by atoms with Gasteiger partial charge >= 0.3 is 0 Å². The molecule has 2 nitrogen and oxygen atoms in total. The van der Waals surface area contributed by atoms with E-state index in [0.717, 1.165) is 10.0 Å². The van der Waals surface area contributed by atoms with Crippen LogP contribution in [-0.2, 0) is 0 Å². The molecule has 0 aliphatic heterocycles.